The summed E-state index contributed by atoms with van der Waals surface area (Å²) in [6, 6.07) is 8.16. The van der Waals surface area contributed by atoms with Crippen molar-refractivity contribution >= 4 is 12.0 Å². The molecule has 1 aliphatic rings. The third kappa shape index (κ3) is 3.96. The average molecular weight is 271 g/mol. The lowest BCUT2D eigenvalue weighted by molar-refractivity contribution is -0.116. The topological polar surface area (TPSA) is 29.1 Å². The van der Waals surface area contributed by atoms with Gasteiger partial charge < -0.3 is 5.32 Å². The highest BCUT2D eigenvalue weighted by atomic mass is 16.1. The van der Waals surface area contributed by atoms with E-state index in [0.29, 0.717) is 11.3 Å². The Hall–Kier alpha value is -1.57. The minimum absolute atomic E-state index is 0.00766. The first-order valence-corrected chi connectivity index (χ1v) is 7.50. The second-order valence-corrected chi connectivity index (χ2v) is 6.57. The summed E-state index contributed by atoms with van der Waals surface area (Å²) in [5.41, 5.74) is 2.66. The first kappa shape index (κ1) is 14.8. The van der Waals surface area contributed by atoms with Crippen molar-refractivity contribution in [1.82, 2.24) is 5.32 Å². The first-order valence-electron chi connectivity index (χ1n) is 7.50. The molecule has 0 spiro atoms. The van der Waals surface area contributed by atoms with Gasteiger partial charge in [0.1, 0.15) is 0 Å². The maximum atomic E-state index is 11.9. The molecule has 2 nitrogen and oxygen atoms in total. The van der Waals surface area contributed by atoms with Crippen LogP contribution in [-0.4, -0.2) is 12.5 Å². The molecule has 2 heteroatoms. The predicted octanol–water partition coefficient (Wildman–Crippen LogP) is 3.95. The van der Waals surface area contributed by atoms with Crippen LogP contribution in [0.15, 0.2) is 30.3 Å². The Balaban J connectivity index is 1.82. The fourth-order valence-electron chi connectivity index (χ4n) is 2.91. The zero-order valence-corrected chi connectivity index (χ0v) is 12.8. The summed E-state index contributed by atoms with van der Waals surface area (Å²) < 4.78 is 0. The largest absolute Gasteiger partial charge is 0.352 e. The van der Waals surface area contributed by atoms with Crippen LogP contribution in [0.25, 0.3) is 6.08 Å². The molecule has 108 valence electrons. The molecule has 1 aromatic rings. The summed E-state index contributed by atoms with van der Waals surface area (Å²) >= 11 is 0. The zero-order valence-electron chi connectivity index (χ0n) is 12.8. The number of carbonyl (C=O) groups excluding carboxylic acids is 1. The van der Waals surface area contributed by atoms with Crippen LogP contribution in [0.4, 0.5) is 0 Å². The normalized spacial score (nSPS) is 21.2. The molecule has 1 N–H and O–H groups in total. The van der Waals surface area contributed by atoms with Crippen LogP contribution < -0.4 is 5.32 Å². The van der Waals surface area contributed by atoms with E-state index in [1.807, 2.05) is 18.2 Å². The van der Waals surface area contributed by atoms with E-state index in [9.17, 15) is 4.79 Å². The van der Waals surface area contributed by atoms with Crippen molar-refractivity contribution in [2.24, 2.45) is 11.3 Å². The standard InChI is InChI=1S/C18H25NO/c1-14-6-8-15(9-7-14)10-11-17(20)19-13-16-5-4-12-18(16,2)3/h6-11,16H,4-5,12-13H2,1-3H3,(H,19,20)/b11-10+. The molecule has 1 amide bonds. The molecule has 0 heterocycles. The van der Waals surface area contributed by atoms with E-state index in [-0.39, 0.29) is 5.91 Å². The van der Waals surface area contributed by atoms with Crippen LogP contribution >= 0.6 is 0 Å². The van der Waals surface area contributed by atoms with Crippen molar-refractivity contribution in [3.63, 3.8) is 0 Å². The molecule has 20 heavy (non-hydrogen) atoms. The molecule has 1 atom stereocenters. The smallest absolute Gasteiger partial charge is 0.244 e. The summed E-state index contributed by atoms with van der Waals surface area (Å²) in [6.45, 7) is 7.46. The van der Waals surface area contributed by atoms with Crippen LogP contribution in [0, 0.1) is 18.3 Å². The van der Waals surface area contributed by atoms with Crippen molar-refractivity contribution < 1.29 is 4.79 Å². The molecule has 0 aliphatic heterocycles. The van der Waals surface area contributed by atoms with Gasteiger partial charge in [-0.05, 0) is 42.7 Å². The summed E-state index contributed by atoms with van der Waals surface area (Å²) in [7, 11) is 0. The van der Waals surface area contributed by atoms with Gasteiger partial charge in [-0.15, -0.1) is 0 Å². The number of hydrogen-bond donors (Lipinski definition) is 1. The predicted molar refractivity (Wildman–Crippen MR) is 84.3 cm³/mol. The molecule has 0 bridgehead atoms. The molecule has 0 radical (unpaired) electrons. The fourth-order valence-corrected chi connectivity index (χ4v) is 2.91. The van der Waals surface area contributed by atoms with Crippen molar-refractivity contribution in [2.45, 2.75) is 40.0 Å². The van der Waals surface area contributed by atoms with Gasteiger partial charge in [0, 0.05) is 12.6 Å². The SMILES string of the molecule is Cc1ccc(/C=C/C(=O)NCC2CCCC2(C)C)cc1. The van der Waals surface area contributed by atoms with Gasteiger partial charge in [-0.3, -0.25) is 4.79 Å². The molecule has 1 fully saturated rings. The van der Waals surface area contributed by atoms with E-state index in [0.717, 1.165) is 12.1 Å². The number of hydrogen-bond acceptors (Lipinski definition) is 1. The monoisotopic (exact) mass is 271 g/mol. The highest BCUT2D eigenvalue weighted by molar-refractivity contribution is 5.91. The average Bonchev–Trinajstić information content (AvgIpc) is 2.74. The number of rotatable bonds is 4. The lowest BCUT2D eigenvalue weighted by Gasteiger charge is -2.26. The summed E-state index contributed by atoms with van der Waals surface area (Å²) in [5, 5.41) is 3.04. The Labute approximate surface area is 122 Å². The highest BCUT2D eigenvalue weighted by Gasteiger charge is 2.34. The molecule has 1 unspecified atom stereocenters. The minimum Gasteiger partial charge on any atom is -0.352 e. The third-order valence-electron chi connectivity index (χ3n) is 4.51. The van der Waals surface area contributed by atoms with Crippen molar-refractivity contribution in [3.05, 3.63) is 41.5 Å². The Bertz CT molecular complexity index is 485. The zero-order chi connectivity index (χ0) is 14.6. The van der Waals surface area contributed by atoms with Crippen LogP contribution in [0.3, 0.4) is 0 Å². The van der Waals surface area contributed by atoms with Gasteiger partial charge in [0.2, 0.25) is 5.91 Å². The van der Waals surface area contributed by atoms with E-state index in [1.165, 1.54) is 24.8 Å². The molecule has 0 saturated heterocycles. The third-order valence-corrected chi connectivity index (χ3v) is 4.51. The summed E-state index contributed by atoms with van der Waals surface area (Å²) in [6.07, 6.45) is 7.29. The maximum absolute atomic E-state index is 11.9. The van der Waals surface area contributed by atoms with Gasteiger partial charge in [0.25, 0.3) is 0 Å². The molecule has 1 aromatic carbocycles. The number of carbonyl (C=O) groups is 1. The van der Waals surface area contributed by atoms with Crippen LogP contribution in [0.2, 0.25) is 0 Å². The molecular formula is C18H25NO. The number of benzene rings is 1. The summed E-state index contributed by atoms with van der Waals surface area (Å²) in [4.78, 5) is 11.9. The maximum Gasteiger partial charge on any atom is 0.244 e. The fraction of sp³-hybridized carbons (Fsp3) is 0.500. The Morgan fingerprint density at radius 3 is 2.65 bits per heavy atom. The van der Waals surface area contributed by atoms with Gasteiger partial charge in [0.05, 0.1) is 0 Å². The van der Waals surface area contributed by atoms with Gasteiger partial charge in [-0.1, -0.05) is 50.1 Å². The summed E-state index contributed by atoms with van der Waals surface area (Å²) in [5.74, 6) is 0.618. The minimum atomic E-state index is 0.00766. The Kier molecular flexibility index (Phi) is 4.64. The van der Waals surface area contributed by atoms with Gasteiger partial charge >= 0.3 is 0 Å². The first-order chi connectivity index (χ1) is 9.47. The molecule has 1 aliphatic carbocycles. The molecule has 1 saturated carbocycles. The van der Waals surface area contributed by atoms with E-state index >= 15 is 0 Å². The van der Waals surface area contributed by atoms with Gasteiger partial charge in [-0.2, -0.15) is 0 Å². The van der Waals surface area contributed by atoms with Crippen LogP contribution in [0.5, 0.6) is 0 Å². The van der Waals surface area contributed by atoms with Crippen molar-refractivity contribution in [3.8, 4) is 0 Å². The number of nitrogens with one attached hydrogen (secondary N) is 1. The number of amides is 1. The Morgan fingerprint density at radius 2 is 2.05 bits per heavy atom. The van der Waals surface area contributed by atoms with Gasteiger partial charge in [-0.25, -0.2) is 0 Å². The van der Waals surface area contributed by atoms with Crippen LogP contribution in [-0.2, 0) is 4.79 Å². The quantitative estimate of drug-likeness (QED) is 0.825. The van der Waals surface area contributed by atoms with E-state index < -0.39 is 0 Å². The Morgan fingerprint density at radius 1 is 1.35 bits per heavy atom. The van der Waals surface area contributed by atoms with E-state index in [1.54, 1.807) is 6.08 Å². The lowest BCUT2D eigenvalue weighted by Crippen LogP contribution is -2.32. The van der Waals surface area contributed by atoms with Crippen molar-refractivity contribution in [2.75, 3.05) is 6.54 Å². The molecule has 0 aromatic heterocycles. The van der Waals surface area contributed by atoms with E-state index in [2.05, 4.69) is 38.2 Å². The van der Waals surface area contributed by atoms with Crippen molar-refractivity contribution in [1.29, 1.82) is 0 Å². The highest BCUT2D eigenvalue weighted by Crippen LogP contribution is 2.41. The second kappa shape index (κ2) is 6.25. The molecule has 2 rings (SSSR count). The van der Waals surface area contributed by atoms with E-state index in [4.69, 9.17) is 0 Å². The number of aryl methyl sites for hydroxylation is 1. The van der Waals surface area contributed by atoms with Crippen LogP contribution in [0.1, 0.15) is 44.2 Å². The lowest BCUT2D eigenvalue weighted by atomic mass is 9.82. The molecular weight excluding hydrogens is 246 g/mol. The second-order valence-electron chi connectivity index (χ2n) is 6.57. The van der Waals surface area contributed by atoms with Gasteiger partial charge in [0.15, 0.2) is 0 Å².